The van der Waals surface area contributed by atoms with Gasteiger partial charge in [0.1, 0.15) is 11.6 Å². The van der Waals surface area contributed by atoms with Crippen molar-refractivity contribution in [2.75, 3.05) is 13.2 Å². The SMILES string of the molecule is O=C(CCc1ncc(-c2ccc(Cl)cc2Cl)o1)NCCCCOc1ccc(F)cc1. The minimum absolute atomic E-state index is 0.0706. The smallest absolute Gasteiger partial charge is 0.220 e. The van der Waals surface area contributed by atoms with E-state index in [4.69, 9.17) is 32.4 Å². The molecule has 0 saturated carbocycles. The number of nitrogens with one attached hydrogen (secondary N) is 1. The van der Waals surface area contributed by atoms with Crippen LogP contribution in [0.1, 0.15) is 25.2 Å². The zero-order chi connectivity index (χ0) is 21.3. The van der Waals surface area contributed by atoms with Gasteiger partial charge in [-0.15, -0.1) is 0 Å². The molecule has 0 atom stereocenters. The highest BCUT2D eigenvalue weighted by Crippen LogP contribution is 2.30. The number of hydrogen-bond acceptors (Lipinski definition) is 4. The summed E-state index contributed by atoms with van der Waals surface area (Å²) in [6, 6.07) is 11.0. The fourth-order valence-corrected chi connectivity index (χ4v) is 3.23. The molecular weight excluding hydrogens is 430 g/mol. The van der Waals surface area contributed by atoms with Crippen molar-refractivity contribution in [3.05, 3.63) is 70.4 Å². The van der Waals surface area contributed by atoms with Crippen molar-refractivity contribution in [1.82, 2.24) is 10.3 Å². The lowest BCUT2D eigenvalue weighted by atomic mass is 10.2. The largest absolute Gasteiger partial charge is 0.494 e. The van der Waals surface area contributed by atoms with Crippen molar-refractivity contribution < 1.29 is 18.3 Å². The number of oxazole rings is 1. The summed E-state index contributed by atoms with van der Waals surface area (Å²) in [6.07, 6.45) is 3.82. The average molecular weight is 451 g/mol. The molecule has 3 rings (SSSR count). The molecule has 0 saturated heterocycles. The zero-order valence-electron chi connectivity index (χ0n) is 16.2. The van der Waals surface area contributed by atoms with Crippen molar-refractivity contribution in [1.29, 1.82) is 0 Å². The number of nitrogens with zero attached hydrogens (tertiary/aromatic N) is 1. The number of carbonyl (C=O) groups excluding carboxylic acids is 1. The molecule has 30 heavy (non-hydrogen) atoms. The Morgan fingerprint density at radius 3 is 2.70 bits per heavy atom. The molecular formula is C22H21Cl2FN2O3. The number of rotatable bonds is 10. The minimum Gasteiger partial charge on any atom is -0.494 e. The van der Waals surface area contributed by atoms with Crippen LogP contribution < -0.4 is 10.1 Å². The lowest BCUT2D eigenvalue weighted by Crippen LogP contribution is -2.25. The molecule has 1 N–H and O–H groups in total. The molecule has 0 unspecified atom stereocenters. The van der Waals surface area contributed by atoms with Crippen LogP contribution in [0, 0.1) is 5.82 Å². The summed E-state index contributed by atoms with van der Waals surface area (Å²) < 4.78 is 24.0. The fourth-order valence-electron chi connectivity index (χ4n) is 2.72. The van der Waals surface area contributed by atoms with E-state index < -0.39 is 0 Å². The van der Waals surface area contributed by atoms with E-state index in [0.717, 1.165) is 12.8 Å². The molecule has 1 aromatic heterocycles. The van der Waals surface area contributed by atoms with Gasteiger partial charge in [-0.2, -0.15) is 0 Å². The summed E-state index contributed by atoms with van der Waals surface area (Å²) in [4.78, 5) is 16.2. The third kappa shape index (κ3) is 6.75. The first-order valence-electron chi connectivity index (χ1n) is 9.56. The monoisotopic (exact) mass is 450 g/mol. The van der Waals surface area contributed by atoms with Gasteiger partial charge in [-0.1, -0.05) is 23.2 Å². The summed E-state index contributed by atoms with van der Waals surface area (Å²) in [5.41, 5.74) is 0.701. The number of aromatic nitrogens is 1. The number of aryl methyl sites for hydroxylation is 1. The Bertz CT molecular complexity index is 977. The molecule has 0 aliphatic rings. The van der Waals surface area contributed by atoms with Crippen LogP contribution in [-0.4, -0.2) is 24.0 Å². The second-order valence-corrected chi connectivity index (χ2v) is 7.45. The molecule has 0 radical (unpaired) electrons. The van der Waals surface area contributed by atoms with Crippen LogP contribution in [-0.2, 0) is 11.2 Å². The quantitative estimate of drug-likeness (QED) is 0.402. The van der Waals surface area contributed by atoms with E-state index in [1.165, 1.54) is 12.1 Å². The van der Waals surface area contributed by atoms with Gasteiger partial charge >= 0.3 is 0 Å². The van der Waals surface area contributed by atoms with Crippen molar-refractivity contribution in [3.63, 3.8) is 0 Å². The number of hydrogen-bond donors (Lipinski definition) is 1. The van der Waals surface area contributed by atoms with E-state index in [9.17, 15) is 9.18 Å². The van der Waals surface area contributed by atoms with Crippen LogP contribution >= 0.6 is 23.2 Å². The van der Waals surface area contributed by atoms with E-state index in [2.05, 4.69) is 10.3 Å². The standard InChI is InChI=1S/C22H21Cl2FN2O3/c23-15-3-8-18(19(24)13-15)20-14-27-22(30-20)10-9-21(28)26-11-1-2-12-29-17-6-4-16(25)5-7-17/h3-8,13-14H,1-2,9-12H2,(H,26,28). The molecule has 158 valence electrons. The third-order valence-electron chi connectivity index (χ3n) is 4.29. The van der Waals surface area contributed by atoms with Crippen LogP contribution in [0.3, 0.4) is 0 Å². The summed E-state index contributed by atoms with van der Waals surface area (Å²) in [6.45, 7) is 1.07. The molecule has 0 aliphatic carbocycles. The summed E-state index contributed by atoms with van der Waals surface area (Å²) in [5.74, 6) is 1.27. The Balaban J connectivity index is 1.32. The van der Waals surface area contributed by atoms with E-state index >= 15 is 0 Å². The highest BCUT2D eigenvalue weighted by atomic mass is 35.5. The molecule has 0 spiro atoms. The van der Waals surface area contributed by atoms with E-state index in [1.54, 1.807) is 36.5 Å². The lowest BCUT2D eigenvalue weighted by Gasteiger charge is -2.07. The second kappa shape index (κ2) is 11.0. The predicted molar refractivity (Wildman–Crippen MR) is 114 cm³/mol. The number of ether oxygens (including phenoxy) is 1. The highest BCUT2D eigenvalue weighted by Gasteiger charge is 2.11. The average Bonchev–Trinajstić information content (AvgIpc) is 3.19. The molecule has 1 heterocycles. The maximum atomic E-state index is 12.8. The Morgan fingerprint density at radius 1 is 1.13 bits per heavy atom. The van der Waals surface area contributed by atoms with Gasteiger partial charge in [-0.3, -0.25) is 4.79 Å². The maximum absolute atomic E-state index is 12.8. The molecule has 8 heteroatoms. The van der Waals surface area contributed by atoms with Crippen LogP contribution in [0.2, 0.25) is 10.0 Å². The Labute approximate surface area is 184 Å². The maximum Gasteiger partial charge on any atom is 0.220 e. The minimum atomic E-state index is -0.292. The van der Waals surface area contributed by atoms with Gasteiger partial charge < -0.3 is 14.5 Å². The second-order valence-electron chi connectivity index (χ2n) is 6.60. The van der Waals surface area contributed by atoms with Crippen molar-refractivity contribution in [2.45, 2.75) is 25.7 Å². The Hall–Kier alpha value is -2.57. The lowest BCUT2D eigenvalue weighted by molar-refractivity contribution is -0.121. The van der Waals surface area contributed by atoms with E-state index in [-0.39, 0.29) is 18.1 Å². The number of carbonyl (C=O) groups is 1. The number of unbranched alkanes of at least 4 members (excludes halogenated alkanes) is 1. The number of amides is 1. The van der Waals surface area contributed by atoms with Gasteiger partial charge in [0.25, 0.3) is 0 Å². The Morgan fingerprint density at radius 2 is 1.93 bits per heavy atom. The highest BCUT2D eigenvalue weighted by molar-refractivity contribution is 6.36. The van der Waals surface area contributed by atoms with Crippen LogP contribution in [0.15, 0.2) is 53.1 Å². The first-order chi connectivity index (χ1) is 14.5. The first-order valence-corrected chi connectivity index (χ1v) is 10.3. The third-order valence-corrected chi connectivity index (χ3v) is 4.84. The molecule has 3 aromatic rings. The van der Waals surface area contributed by atoms with Crippen LogP contribution in [0.4, 0.5) is 4.39 Å². The van der Waals surface area contributed by atoms with E-state index in [0.29, 0.717) is 52.6 Å². The number of halogens is 3. The summed E-state index contributed by atoms with van der Waals surface area (Å²) >= 11 is 12.1. The van der Waals surface area contributed by atoms with Gasteiger partial charge in [-0.25, -0.2) is 9.37 Å². The van der Waals surface area contributed by atoms with Gasteiger partial charge in [0, 0.05) is 30.0 Å². The van der Waals surface area contributed by atoms with Crippen LogP contribution in [0.25, 0.3) is 11.3 Å². The molecule has 0 fully saturated rings. The van der Waals surface area contributed by atoms with Gasteiger partial charge in [-0.05, 0) is 55.3 Å². The molecule has 0 aliphatic heterocycles. The van der Waals surface area contributed by atoms with Crippen molar-refractivity contribution in [2.24, 2.45) is 0 Å². The van der Waals surface area contributed by atoms with Gasteiger partial charge in [0.05, 0.1) is 17.8 Å². The molecule has 1 amide bonds. The van der Waals surface area contributed by atoms with Crippen molar-refractivity contribution >= 4 is 29.1 Å². The summed E-state index contributed by atoms with van der Waals surface area (Å²) in [7, 11) is 0. The molecule has 0 bridgehead atoms. The van der Waals surface area contributed by atoms with Crippen molar-refractivity contribution in [3.8, 4) is 17.1 Å². The molecule has 2 aromatic carbocycles. The van der Waals surface area contributed by atoms with E-state index in [1.807, 2.05) is 0 Å². The zero-order valence-corrected chi connectivity index (χ0v) is 17.7. The first kappa shape index (κ1) is 22.1. The van der Waals surface area contributed by atoms with Crippen LogP contribution in [0.5, 0.6) is 5.75 Å². The molecule has 5 nitrogen and oxygen atoms in total. The Kier molecular flexibility index (Phi) is 8.11. The summed E-state index contributed by atoms with van der Waals surface area (Å²) in [5, 5.41) is 3.89. The number of benzene rings is 2. The normalized spacial score (nSPS) is 10.8. The van der Waals surface area contributed by atoms with Gasteiger partial charge in [0.2, 0.25) is 5.91 Å². The fraction of sp³-hybridized carbons (Fsp3) is 0.273. The topological polar surface area (TPSA) is 64.4 Å². The predicted octanol–water partition coefficient (Wildman–Crippen LogP) is 5.70. The van der Waals surface area contributed by atoms with Gasteiger partial charge in [0.15, 0.2) is 11.7 Å².